The number of phenolic OH excluding ortho intramolecular Hbond substituents is 1. The summed E-state index contributed by atoms with van der Waals surface area (Å²) in [5.41, 5.74) is 9.90. The van der Waals surface area contributed by atoms with Gasteiger partial charge in [0.2, 0.25) is 9.84 Å². The van der Waals surface area contributed by atoms with Gasteiger partial charge in [-0.3, -0.25) is 19.4 Å². The fourth-order valence-corrected chi connectivity index (χ4v) is 8.18. The van der Waals surface area contributed by atoms with Gasteiger partial charge in [-0.25, -0.2) is 8.42 Å². The number of hydrogen-bond acceptors (Lipinski definition) is 12. The molecule has 1 atom stereocenters. The van der Waals surface area contributed by atoms with Crippen LogP contribution >= 0.6 is 0 Å². The Morgan fingerprint density at radius 1 is 1.00 bits per heavy atom. The van der Waals surface area contributed by atoms with E-state index in [1.807, 2.05) is 0 Å². The Bertz CT molecular complexity index is 2870. The van der Waals surface area contributed by atoms with Crippen molar-refractivity contribution in [3.63, 3.8) is 0 Å². The molecule has 6 aromatic rings. The van der Waals surface area contributed by atoms with Gasteiger partial charge in [0.25, 0.3) is 17.7 Å². The lowest BCUT2D eigenvalue weighted by Gasteiger charge is -2.23. The fourth-order valence-electron chi connectivity index (χ4n) is 6.81. The smallest absolute Gasteiger partial charge is 0.262 e. The van der Waals surface area contributed by atoms with Crippen LogP contribution in [0.25, 0.3) is 10.9 Å². The highest BCUT2D eigenvalue weighted by Gasteiger charge is 2.25. The second kappa shape index (κ2) is 18.4. The van der Waals surface area contributed by atoms with E-state index >= 15 is 0 Å². The van der Waals surface area contributed by atoms with Crippen molar-refractivity contribution in [2.45, 2.75) is 35.7 Å². The molecular weight excluding hydrogens is 813 g/mol. The van der Waals surface area contributed by atoms with Crippen molar-refractivity contribution in [3.8, 4) is 29.1 Å². The van der Waals surface area contributed by atoms with Gasteiger partial charge >= 0.3 is 0 Å². The Morgan fingerprint density at radius 3 is 2.52 bits per heavy atom. The van der Waals surface area contributed by atoms with Crippen molar-refractivity contribution in [2.24, 2.45) is 5.73 Å². The van der Waals surface area contributed by atoms with E-state index in [2.05, 4.69) is 38.1 Å². The van der Waals surface area contributed by atoms with Gasteiger partial charge in [-0.05, 0) is 104 Å². The number of aliphatic hydroxyl groups excluding tert-OH is 1. The molecule has 3 amide bonds. The minimum absolute atomic E-state index is 0.0363. The number of hydrogen-bond donors (Lipinski definition) is 7. The maximum absolute atomic E-state index is 14.0. The number of nitrogens with one attached hydrogen (secondary N) is 4. The number of carbonyl (C=O) groups excluding carboxylic acids is 3. The van der Waals surface area contributed by atoms with Crippen molar-refractivity contribution in [1.29, 1.82) is 0 Å². The molecule has 1 aliphatic heterocycles. The van der Waals surface area contributed by atoms with Gasteiger partial charge in [0, 0.05) is 64.7 Å². The number of amides is 3. The second-order valence-corrected chi connectivity index (χ2v) is 16.3. The van der Waals surface area contributed by atoms with Gasteiger partial charge in [0.05, 0.1) is 45.5 Å². The van der Waals surface area contributed by atoms with E-state index in [-0.39, 0.29) is 45.7 Å². The summed E-state index contributed by atoms with van der Waals surface area (Å²) in [7, 11) is -2.57. The number of aromatic nitrogens is 1. The number of aliphatic hydroxyl groups is 1. The van der Waals surface area contributed by atoms with E-state index in [1.165, 1.54) is 61.8 Å². The lowest BCUT2D eigenvalue weighted by atomic mass is 10.1. The Labute approximate surface area is 357 Å². The molecule has 0 spiro atoms. The highest BCUT2D eigenvalue weighted by atomic mass is 32.2. The van der Waals surface area contributed by atoms with Gasteiger partial charge in [0.1, 0.15) is 17.2 Å². The monoisotopic (exact) mass is 854 g/mol. The number of anilines is 4. The Hall–Kier alpha value is -7.45. The fraction of sp³-hybridized carbons (Fsp3) is 0.174. The van der Waals surface area contributed by atoms with Crippen LogP contribution in [0.4, 0.5) is 22.7 Å². The van der Waals surface area contributed by atoms with Gasteiger partial charge in [0.15, 0.2) is 6.61 Å². The Kier molecular flexibility index (Phi) is 12.7. The number of pyridine rings is 1. The zero-order valence-corrected chi connectivity index (χ0v) is 34.4. The summed E-state index contributed by atoms with van der Waals surface area (Å²) in [6, 6.07) is 25.4. The topological polar surface area (TPSA) is 231 Å². The lowest BCUT2D eigenvalue weighted by Crippen LogP contribution is -2.28. The molecule has 5 aromatic carbocycles. The third-order valence-electron chi connectivity index (χ3n) is 9.93. The number of unbranched alkanes of at least 4 members (excludes halogenated alkanes) is 1. The number of benzene rings is 5. The first-order valence-electron chi connectivity index (χ1n) is 19.4. The van der Waals surface area contributed by atoms with Crippen LogP contribution in [0, 0.1) is 18.8 Å². The van der Waals surface area contributed by atoms with Crippen LogP contribution in [0.5, 0.6) is 17.2 Å². The van der Waals surface area contributed by atoms with Crippen LogP contribution in [0.1, 0.15) is 56.4 Å². The number of ether oxygens (including phenoxy) is 2. The van der Waals surface area contributed by atoms with Crippen molar-refractivity contribution in [3.05, 3.63) is 131 Å². The predicted octanol–water partition coefficient (Wildman–Crippen LogP) is 5.97. The number of rotatable bonds is 14. The number of primary amides is 1. The van der Waals surface area contributed by atoms with Gasteiger partial charge in [-0.15, -0.1) is 0 Å². The molecule has 316 valence electrons. The van der Waals surface area contributed by atoms with Crippen LogP contribution in [-0.2, 0) is 14.6 Å². The second-order valence-electron chi connectivity index (χ2n) is 14.3. The number of nitrogens with zero attached hydrogens (tertiary/aromatic N) is 1. The molecule has 1 aromatic heterocycles. The van der Waals surface area contributed by atoms with Crippen LogP contribution in [0.3, 0.4) is 0 Å². The number of carbonyl (C=O) groups is 3. The molecule has 62 heavy (non-hydrogen) atoms. The summed E-state index contributed by atoms with van der Waals surface area (Å²) in [5.74, 6) is 5.49. The van der Waals surface area contributed by atoms with E-state index in [4.69, 9.17) is 15.2 Å². The minimum atomic E-state index is -4.10. The maximum atomic E-state index is 14.0. The number of phenols is 1. The zero-order valence-electron chi connectivity index (χ0n) is 33.6. The summed E-state index contributed by atoms with van der Waals surface area (Å²) in [5, 5.41) is 32.9. The van der Waals surface area contributed by atoms with E-state index in [0.29, 0.717) is 75.7 Å². The predicted molar refractivity (Wildman–Crippen MR) is 234 cm³/mol. The van der Waals surface area contributed by atoms with E-state index in [1.54, 1.807) is 55.5 Å². The Balaban J connectivity index is 0.945. The molecule has 0 radical (unpaired) electrons. The highest BCUT2D eigenvalue weighted by molar-refractivity contribution is 7.91. The zero-order chi connectivity index (χ0) is 44.0. The van der Waals surface area contributed by atoms with Crippen LogP contribution < -0.4 is 36.5 Å². The number of aromatic hydroxyl groups is 1. The van der Waals surface area contributed by atoms with Crippen molar-refractivity contribution >= 4 is 61.2 Å². The summed E-state index contributed by atoms with van der Waals surface area (Å²) < 4.78 is 38.8. The first-order valence-corrected chi connectivity index (χ1v) is 20.9. The molecular formula is C46H42N6O9S. The molecule has 0 bridgehead atoms. The van der Waals surface area contributed by atoms with E-state index < -0.39 is 27.8 Å². The SMILES string of the molecule is COc1cccc(Nc2c(C(N)=O)cnc3c(C)cc(S(=O)(=O)c4ccc(C(=O)Nc5ccc(C#CCCCNC[C@H](O)c6cc(O)cc7c6OCC(=O)N7)cc5)cc4)cc23)c1. The third-order valence-corrected chi connectivity index (χ3v) is 11.7. The van der Waals surface area contributed by atoms with Crippen LogP contribution in [0.15, 0.2) is 113 Å². The molecule has 8 N–H and O–H groups in total. The third kappa shape index (κ3) is 9.61. The van der Waals surface area contributed by atoms with Crippen LogP contribution in [-0.4, -0.2) is 68.1 Å². The molecule has 0 saturated carbocycles. The molecule has 2 heterocycles. The highest BCUT2D eigenvalue weighted by Crippen LogP contribution is 2.39. The first-order chi connectivity index (χ1) is 29.8. The summed E-state index contributed by atoms with van der Waals surface area (Å²) >= 11 is 0. The van der Waals surface area contributed by atoms with Gasteiger partial charge in [-0.1, -0.05) is 17.9 Å². The molecule has 1 aliphatic rings. The summed E-state index contributed by atoms with van der Waals surface area (Å²) in [6.45, 7) is 2.33. The Morgan fingerprint density at radius 2 is 1.77 bits per heavy atom. The molecule has 7 rings (SSSR count). The average Bonchev–Trinajstić information content (AvgIpc) is 3.26. The number of methoxy groups -OCH3 is 1. The van der Waals surface area contributed by atoms with Crippen molar-refractivity contribution in [1.82, 2.24) is 10.3 Å². The summed E-state index contributed by atoms with van der Waals surface area (Å²) in [6.07, 6.45) is 1.68. The van der Waals surface area contributed by atoms with Crippen LogP contribution in [0.2, 0.25) is 0 Å². The van der Waals surface area contributed by atoms with E-state index in [9.17, 15) is 33.0 Å². The molecule has 0 saturated heterocycles. The maximum Gasteiger partial charge on any atom is 0.262 e. The standard InChI is InChI=1S/C46H42N6O9S/c1-27-19-35(23-37-42(27)49-24-38(45(47)56)43(37)50-31-8-6-9-33(20-31)60-2)62(58,59)34-16-12-29(13-17-34)46(57)51-30-14-10-28(11-15-30)7-4-3-5-18-48-25-40(54)36-21-32(53)22-39-44(36)61-26-41(55)52-39/h6,8-17,19-24,40,48,53-54H,3,5,18,25-26H2,1-2H3,(H2,47,56)(H,49,50)(H,51,57)(H,52,55)/t40-/m0/s1. The van der Waals surface area contributed by atoms with Crippen molar-refractivity contribution in [2.75, 3.05) is 42.8 Å². The number of sulfone groups is 1. The number of fused-ring (bicyclic) bond motifs is 2. The molecule has 15 nitrogen and oxygen atoms in total. The normalized spacial score (nSPS) is 12.5. The van der Waals surface area contributed by atoms with Gasteiger partial charge in [-0.2, -0.15) is 0 Å². The lowest BCUT2D eigenvalue weighted by molar-refractivity contribution is -0.118. The first kappa shape index (κ1) is 42.7. The largest absolute Gasteiger partial charge is 0.508 e. The van der Waals surface area contributed by atoms with Gasteiger partial charge < -0.3 is 46.7 Å². The quantitative estimate of drug-likeness (QED) is 0.0496. The summed E-state index contributed by atoms with van der Waals surface area (Å²) in [4.78, 5) is 41.6. The molecule has 0 unspecified atom stereocenters. The number of aryl methyl sites for hydroxylation is 1. The van der Waals surface area contributed by atoms with Crippen molar-refractivity contribution < 1.29 is 42.5 Å². The van der Waals surface area contributed by atoms with E-state index in [0.717, 1.165) is 5.56 Å². The average molecular weight is 855 g/mol. The molecule has 16 heteroatoms. The number of nitrogens with two attached hydrogens (primary N) is 1. The molecule has 0 fully saturated rings. The minimum Gasteiger partial charge on any atom is -0.508 e. The molecule has 0 aliphatic carbocycles.